The van der Waals surface area contributed by atoms with Crippen molar-refractivity contribution in [2.45, 2.75) is 71.2 Å². The number of aromatic nitrogens is 3. The summed E-state index contributed by atoms with van der Waals surface area (Å²) in [6, 6.07) is 10.6. The first kappa shape index (κ1) is 28.6. The fourth-order valence-corrected chi connectivity index (χ4v) is 4.62. The second-order valence-corrected chi connectivity index (χ2v) is 11.0. The highest BCUT2D eigenvalue weighted by Gasteiger charge is 2.25. The Morgan fingerprint density at radius 3 is 2.79 bits per heavy atom. The Labute approximate surface area is 234 Å². The quantitative estimate of drug-likeness (QED) is 0.344. The molecule has 1 unspecified atom stereocenters. The van der Waals surface area contributed by atoms with Gasteiger partial charge in [-0.05, 0) is 62.9 Å². The largest absolute Gasteiger partial charge is 0.469 e. The zero-order chi connectivity index (χ0) is 28.0. The van der Waals surface area contributed by atoms with Crippen LogP contribution in [-0.2, 0) is 40.3 Å². The Hall–Kier alpha value is -3.43. The molecule has 2 N–H and O–H groups in total. The number of fused-ring (bicyclic) bond motifs is 1. The van der Waals surface area contributed by atoms with Gasteiger partial charge in [-0.1, -0.05) is 29.8 Å². The maximum Gasteiger partial charge on any atom is 0.307 e. The zero-order valence-corrected chi connectivity index (χ0v) is 23.7. The van der Waals surface area contributed by atoms with Gasteiger partial charge in [0.2, 0.25) is 0 Å². The van der Waals surface area contributed by atoms with Crippen molar-refractivity contribution in [2.24, 2.45) is 0 Å². The minimum Gasteiger partial charge on any atom is -0.469 e. The van der Waals surface area contributed by atoms with Crippen LogP contribution in [0.3, 0.4) is 0 Å². The Kier molecular flexibility index (Phi) is 9.24. The molecule has 1 aliphatic rings. The number of anilines is 1. The number of carbonyl (C=O) groups is 2. The highest BCUT2D eigenvalue weighted by atomic mass is 35.5. The van der Waals surface area contributed by atoms with Gasteiger partial charge in [-0.25, -0.2) is 4.98 Å². The summed E-state index contributed by atoms with van der Waals surface area (Å²) in [6.07, 6.45) is 4.30. The third-order valence-corrected chi connectivity index (χ3v) is 6.76. The third kappa shape index (κ3) is 7.80. The Morgan fingerprint density at radius 1 is 1.23 bits per heavy atom. The number of carbonyl (C=O) groups excluding carboxylic acids is 2. The van der Waals surface area contributed by atoms with Gasteiger partial charge in [-0.3, -0.25) is 14.3 Å². The summed E-state index contributed by atoms with van der Waals surface area (Å²) in [5, 5.41) is 11.4. The van der Waals surface area contributed by atoms with E-state index in [4.69, 9.17) is 26.1 Å². The second kappa shape index (κ2) is 12.6. The van der Waals surface area contributed by atoms with Crippen LogP contribution in [-0.4, -0.2) is 45.9 Å². The molecule has 39 heavy (non-hydrogen) atoms. The predicted octanol–water partition coefficient (Wildman–Crippen LogP) is 4.88. The number of pyridine rings is 1. The lowest BCUT2D eigenvalue weighted by molar-refractivity contribution is -0.141. The SMILES string of the molecule is COC(=O)CC(NC(=O)c1cnn(CCc2ccc3c(n2)NCCC3)c1COC(C)(C)C)c1cccc(Cl)c1. The van der Waals surface area contributed by atoms with E-state index in [-0.39, 0.29) is 18.9 Å². The van der Waals surface area contributed by atoms with Gasteiger partial charge in [0, 0.05) is 30.2 Å². The van der Waals surface area contributed by atoms with Crippen LogP contribution in [0.15, 0.2) is 42.6 Å². The molecule has 0 radical (unpaired) electrons. The van der Waals surface area contributed by atoms with Crippen molar-refractivity contribution in [1.82, 2.24) is 20.1 Å². The Bertz CT molecular complexity index is 1320. The first-order valence-corrected chi connectivity index (χ1v) is 13.5. The van der Waals surface area contributed by atoms with Crippen LogP contribution in [0.4, 0.5) is 5.82 Å². The molecule has 0 saturated heterocycles. The van der Waals surface area contributed by atoms with Gasteiger partial charge in [-0.2, -0.15) is 5.10 Å². The molecule has 0 spiro atoms. The summed E-state index contributed by atoms with van der Waals surface area (Å²) in [4.78, 5) is 30.5. The van der Waals surface area contributed by atoms with Crippen molar-refractivity contribution < 1.29 is 19.1 Å². The molecule has 1 amide bonds. The summed E-state index contributed by atoms with van der Waals surface area (Å²) in [5.41, 5.74) is 3.52. The number of methoxy groups -OCH3 is 1. The van der Waals surface area contributed by atoms with E-state index in [1.54, 1.807) is 29.1 Å². The van der Waals surface area contributed by atoms with Crippen molar-refractivity contribution in [2.75, 3.05) is 19.0 Å². The third-order valence-electron chi connectivity index (χ3n) is 6.52. The van der Waals surface area contributed by atoms with Crippen molar-refractivity contribution >= 4 is 29.3 Å². The molecule has 4 rings (SSSR count). The number of benzene rings is 1. The number of amides is 1. The van der Waals surface area contributed by atoms with Gasteiger partial charge in [0.15, 0.2) is 0 Å². The van der Waals surface area contributed by atoms with E-state index in [1.165, 1.54) is 12.7 Å². The molecule has 1 aliphatic heterocycles. The highest BCUT2D eigenvalue weighted by molar-refractivity contribution is 6.30. The topological polar surface area (TPSA) is 107 Å². The molecule has 1 atom stereocenters. The minimum absolute atomic E-state index is 0.0391. The summed E-state index contributed by atoms with van der Waals surface area (Å²) in [7, 11) is 1.32. The van der Waals surface area contributed by atoms with Gasteiger partial charge >= 0.3 is 5.97 Å². The van der Waals surface area contributed by atoms with Gasteiger partial charge in [0.25, 0.3) is 5.91 Å². The summed E-state index contributed by atoms with van der Waals surface area (Å²) in [5.74, 6) is 0.145. The maximum absolute atomic E-state index is 13.6. The van der Waals surface area contributed by atoms with E-state index in [0.29, 0.717) is 34.8 Å². The molecule has 0 fully saturated rings. The highest BCUT2D eigenvalue weighted by Crippen LogP contribution is 2.24. The number of ether oxygens (including phenoxy) is 2. The number of nitrogens with zero attached hydrogens (tertiary/aromatic N) is 3. The van der Waals surface area contributed by atoms with Crippen molar-refractivity contribution in [3.8, 4) is 0 Å². The summed E-state index contributed by atoms with van der Waals surface area (Å²) < 4.78 is 12.7. The number of esters is 1. The smallest absolute Gasteiger partial charge is 0.307 e. The lowest BCUT2D eigenvalue weighted by Gasteiger charge is -2.22. The van der Waals surface area contributed by atoms with Crippen molar-refractivity contribution in [3.63, 3.8) is 0 Å². The van der Waals surface area contributed by atoms with Crippen LogP contribution in [0, 0.1) is 0 Å². The molecular weight excluding hydrogens is 518 g/mol. The summed E-state index contributed by atoms with van der Waals surface area (Å²) >= 11 is 6.18. The van der Waals surface area contributed by atoms with Gasteiger partial charge < -0.3 is 20.1 Å². The zero-order valence-electron chi connectivity index (χ0n) is 22.9. The molecule has 2 aromatic heterocycles. The fourth-order valence-electron chi connectivity index (χ4n) is 4.42. The Balaban J connectivity index is 1.56. The predicted molar refractivity (Wildman–Crippen MR) is 150 cm³/mol. The van der Waals surface area contributed by atoms with Crippen molar-refractivity contribution in [3.05, 3.63) is 75.7 Å². The first-order chi connectivity index (χ1) is 18.6. The summed E-state index contributed by atoms with van der Waals surface area (Å²) in [6.45, 7) is 7.54. The second-order valence-electron chi connectivity index (χ2n) is 10.6. The average molecular weight is 554 g/mol. The number of nitrogens with one attached hydrogen (secondary N) is 2. The standard InChI is InChI=1S/C29H36ClN5O4/c1-29(2,3)39-18-25-23(28(37)34-24(16-26(36)38-4)20-7-5-9-21(30)15-20)17-32-35(25)14-12-22-11-10-19-8-6-13-31-27(19)33-22/h5,7,9-11,15,17,24H,6,8,12-14,16,18H2,1-4H3,(H,31,33)(H,34,37). The first-order valence-electron chi connectivity index (χ1n) is 13.2. The molecular formula is C29H36ClN5O4. The lowest BCUT2D eigenvalue weighted by Crippen LogP contribution is -2.31. The van der Waals surface area contributed by atoms with Crippen LogP contribution in [0.1, 0.15) is 72.5 Å². The molecule has 3 heterocycles. The van der Waals surface area contributed by atoms with Crippen LogP contribution in [0.5, 0.6) is 0 Å². The molecule has 1 aromatic carbocycles. The average Bonchev–Trinajstić information content (AvgIpc) is 3.32. The normalized spacial score (nSPS) is 13.8. The number of rotatable bonds is 10. The van der Waals surface area contributed by atoms with E-state index in [0.717, 1.165) is 30.9 Å². The van der Waals surface area contributed by atoms with Crippen molar-refractivity contribution in [1.29, 1.82) is 0 Å². The van der Waals surface area contributed by atoms with Crippen LogP contribution in [0.2, 0.25) is 5.02 Å². The molecule has 9 nitrogen and oxygen atoms in total. The van der Waals surface area contributed by atoms with Gasteiger partial charge in [0.1, 0.15) is 5.82 Å². The number of hydrogen-bond acceptors (Lipinski definition) is 7. The monoisotopic (exact) mass is 553 g/mol. The van der Waals surface area contributed by atoms with Gasteiger partial charge in [-0.15, -0.1) is 0 Å². The van der Waals surface area contributed by atoms with E-state index in [2.05, 4.69) is 27.9 Å². The van der Waals surface area contributed by atoms with E-state index >= 15 is 0 Å². The van der Waals surface area contributed by atoms with E-state index in [1.807, 2.05) is 26.8 Å². The van der Waals surface area contributed by atoms with Crippen LogP contribution >= 0.6 is 11.6 Å². The number of aryl methyl sites for hydroxylation is 3. The number of halogens is 1. The molecule has 0 aliphatic carbocycles. The Morgan fingerprint density at radius 2 is 2.05 bits per heavy atom. The van der Waals surface area contributed by atoms with E-state index < -0.39 is 17.6 Å². The molecule has 0 saturated carbocycles. The molecule has 208 valence electrons. The maximum atomic E-state index is 13.6. The molecule has 10 heteroatoms. The minimum atomic E-state index is -0.629. The van der Waals surface area contributed by atoms with Gasteiger partial charge in [0.05, 0.1) is 49.2 Å². The van der Waals surface area contributed by atoms with Crippen LogP contribution in [0.25, 0.3) is 0 Å². The van der Waals surface area contributed by atoms with E-state index in [9.17, 15) is 9.59 Å². The lowest BCUT2D eigenvalue weighted by atomic mass is 10.0. The molecule has 3 aromatic rings. The van der Waals surface area contributed by atoms with Crippen LogP contribution < -0.4 is 10.6 Å². The number of hydrogen-bond donors (Lipinski definition) is 2. The fraction of sp³-hybridized carbons (Fsp3) is 0.448. The molecule has 0 bridgehead atoms.